The summed E-state index contributed by atoms with van der Waals surface area (Å²) in [5.41, 5.74) is 0. The van der Waals surface area contributed by atoms with Gasteiger partial charge in [0.05, 0.1) is 35.2 Å². The van der Waals surface area contributed by atoms with Crippen molar-refractivity contribution < 1.29 is 21.9 Å². The quantitative estimate of drug-likeness (QED) is 0.585. The van der Waals surface area contributed by atoms with Crippen molar-refractivity contribution in [1.29, 1.82) is 0 Å². The monoisotopic (exact) mass is 269 g/mol. The number of hydrogen-bond acceptors (Lipinski definition) is 6. The van der Waals surface area contributed by atoms with Crippen LogP contribution in [0.3, 0.4) is 0 Å². The Bertz CT molecular complexity index is 455. The summed E-state index contributed by atoms with van der Waals surface area (Å²) in [6.07, 6.45) is -0.884. The largest absolute Gasteiger partial charge is 0.390 e. The van der Waals surface area contributed by atoms with Crippen LogP contribution in [-0.2, 0) is 19.7 Å². The van der Waals surface area contributed by atoms with Crippen molar-refractivity contribution >= 4 is 19.7 Å². The summed E-state index contributed by atoms with van der Waals surface area (Å²) < 4.78 is 45.1. The lowest BCUT2D eigenvalue weighted by Gasteiger charge is -2.32. The van der Waals surface area contributed by atoms with E-state index in [1.54, 1.807) is 4.90 Å². The van der Waals surface area contributed by atoms with Gasteiger partial charge in [-0.3, -0.25) is 4.90 Å². The molecular weight excluding hydrogens is 254 g/mol. The van der Waals surface area contributed by atoms with Gasteiger partial charge in [0.15, 0.2) is 19.7 Å². The van der Waals surface area contributed by atoms with E-state index in [9.17, 15) is 21.9 Å². The second kappa shape index (κ2) is 3.94. The predicted octanol–water partition coefficient (Wildman–Crippen LogP) is -2.13. The molecule has 0 aromatic heterocycles. The molecule has 94 valence electrons. The molecule has 2 aliphatic rings. The summed E-state index contributed by atoms with van der Waals surface area (Å²) in [6, 6.07) is -0.430. The van der Waals surface area contributed by atoms with Crippen LogP contribution in [0.1, 0.15) is 0 Å². The topological polar surface area (TPSA) is 91.8 Å². The molecule has 2 aliphatic heterocycles. The molecule has 6 nitrogen and oxygen atoms in total. The van der Waals surface area contributed by atoms with Crippen molar-refractivity contribution in [3.8, 4) is 0 Å². The summed E-state index contributed by atoms with van der Waals surface area (Å²) in [4.78, 5) is 1.77. The maximum absolute atomic E-state index is 11.3. The van der Waals surface area contributed by atoms with Gasteiger partial charge >= 0.3 is 0 Å². The Morgan fingerprint density at radius 2 is 1.50 bits per heavy atom. The molecule has 16 heavy (non-hydrogen) atoms. The van der Waals surface area contributed by atoms with Crippen LogP contribution in [0, 0.1) is 0 Å². The third kappa shape index (κ3) is 2.55. The first-order valence-electron chi connectivity index (χ1n) is 5.12. The van der Waals surface area contributed by atoms with Gasteiger partial charge in [0, 0.05) is 13.1 Å². The van der Waals surface area contributed by atoms with E-state index in [1.807, 2.05) is 0 Å². The van der Waals surface area contributed by atoms with Crippen LogP contribution in [0.25, 0.3) is 0 Å². The molecule has 0 aliphatic carbocycles. The molecule has 0 spiro atoms. The van der Waals surface area contributed by atoms with Crippen molar-refractivity contribution in [3.63, 3.8) is 0 Å². The molecule has 0 amide bonds. The van der Waals surface area contributed by atoms with Crippen LogP contribution < -0.4 is 0 Å². The van der Waals surface area contributed by atoms with E-state index in [4.69, 9.17) is 0 Å². The summed E-state index contributed by atoms with van der Waals surface area (Å²) in [6.45, 7) is 0.638. The van der Waals surface area contributed by atoms with Gasteiger partial charge in [-0.1, -0.05) is 0 Å². The van der Waals surface area contributed by atoms with Crippen molar-refractivity contribution in [2.45, 2.75) is 12.1 Å². The Hall–Kier alpha value is -0.180. The summed E-state index contributed by atoms with van der Waals surface area (Å²) >= 11 is 0. The summed E-state index contributed by atoms with van der Waals surface area (Å²) in [7, 11) is -6.13. The van der Waals surface area contributed by atoms with Crippen molar-refractivity contribution in [2.24, 2.45) is 0 Å². The summed E-state index contributed by atoms with van der Waals surface area (Å²) in [5.74, 6) is -0.165. The molecule has 0 bridgehead atoms. The minimum Gasteiger partial charge on any atom is -0.390 e. The van der Waals surface area contributed by atoms with Crippen LogP contribution >= 0.6 is 0 Å². The van der Waals surface area contributed by atoms with Gasteiger partial charge in [0.1, 0.15) is 0 Å². The van der Waals surface area contributed by atoms with E-state index >= 15 is 0 Å². The van der Waals surface area contributed by atoms with E-state index in [0.717, 1.165) is 0 Å². The fraction of sp³-hybridized carbons (Fsp3) is 1.00. The summed E-state index contributed by atoms with van der Waals surface area (Å²) in [5, 5.41) is 9.64. The lowest BCUT2D eigenvalue weighted by Crippen LogP contribution is -2.50. The van der Waals surface area contributed by atoms with Gasteiger partial charge in [-0.15, -0.1) is 0 Å². The fourth-order valence-corrected chi connectivity index (χ4v) is 5.28. The average Bonchev–Trinajstić information content (AvgIpc) is 2.40. The maximum atomic E-state index is 11.3. The standard InChI is InChI=1S/C8H15NO5S2/c10-8-6-16(13,14)5-7(8)9-1-3-15(11,12)4-2-9/h7-8,10H,1-6H2/t7-,8-/m1/s1. The number of nitrogens with zero attached hydrogens (tertiary/aromatic N) is 1. The first kappa shape index (κ1) is 12.3. The lowest BCUT2D eigenvalue weighted by molar-refractivity contribution is 0.0887. The smallest absolute Gasteiger partial charge is 0.154 e. The number of sulfone groups is 2. The van der Waals surface area contributed by atoms with Crippen LogP contribution in [0.4, 0.5) is 0 Å². The van der Waals surface area contributed by atoms with Crippen molar-refractivity contribution in [2.75, 3.05) is 36.1 Å². The Morgan fingerprint density at radius 1 is 0.938 bits per heavy atom. The zero-order valence-corrected chi connectivity index (χ0v) is 10.4. The van der Waals surface area contributed by atoms with Gasteiger partial charge < -0.3 is 5.11 Å². The average molecular weight is 269 g/mol. The fourth-order valence-electron chi connectivity index (χ4n) is 2.22. The molecule has 1 N–H and O–H groups in total. The van der Waals surface area contributed by atoms with Crippen LogP contribution in [-0.4, -0.2) is 75.1 Å². The van der Waals surface area contributed by atoms with Gasteiger partial charge in [-0.05, 0) is 0 Å². The molecule has 0 saturated carbocycles. The van der Waals surface area contributed by atoms with Gasteiger partial charge in [0.2, 0.25) is 0 Å². The molecule has 0 unspecified atom stereocenters. The zero-order chi connectivity index (χ0) is 12.0. The van der Waals surface area contributed by atoms with Crippen molar-refractivity contribution in [1.82, 2.24) is 4.90 Å². The second-order valence-electron chi connectivity index (χ2n) is 4.40. The zero-order valence-electron chi connectivity index (χ0n) is 8.74. The van der Waals surface area contributed by atoms with Gasteiger partial charge in [0.25, 0.3) is 0 Å². The number of aliphatic hydroxyl groups excluding tert-OH is 1. The molecule has 0 radical (unpaired) electrons. The van der Waals surface area contributed by atoms with E-state index in [0.29, 0.717) is 13.1 Å². The maximum Gasteiger partial charge on any atom is 0.154 e. The molecule has 0 aromatic carbocycles. The molecule has 0 aromatic rings. The third-order valence-electron chi connectivity index (χ3n) is 3.14. The number of aliphatic hydroxyl groups is 1. The normalized spacial score (nSPS) is 38.6. The molecule has 8 heteroatoms. The van der Waals surface area contributed by atoms with E-state index in [2.05, 4.69) is 0 Å². The lowest BCUT2D eigenvalue weighted by atomic mass is 10.2. The number of rotatable bonds is 1. The highest BCUT2D eigenvalue weighted by Crippen LogP contribution is 2.20. The SMILES string of the molecule is O=S1(=O)CCN([C@@H]2CS(=O)(=O)C[C@H]2O)CC1. The molecule has 2 rings (SSSR count). The Morgan fingerprint density at radius 3 is 1.94 bits per heavy atom. The first-order chi connectivity index (χ1) is 7.29. The number of hydrogen-bond donors (Lipinski definition) is 1. The van der Waals surface area contributed by atoms with Crippen LogP contribution in [0.2, 0.25) is 0 Å². The Labute approximate surface area is 95.1 Å². The molecule has 2 heterocycles. The van der Waals surface area contributed by atoms with Crippen LogP contribution in [0.5, 0.6) is 0 Å². The molecule has 2 atom stereocenters. The van der Waals surface area contributed by atoms with Gasteiger partial charge in [-0.25, -0.2) is 16.8 Å². The van der Waals surface area contributed by atoms with Gasteiger partial charge in [-0.2, -0.15) is 0 Å². The minimum atomic E-state index is -3.16. The third-order valence-corrected chi connectivity index (χ3v) is 6.45. The van der Waals surface area contributed by atoms with E-state index in [1.165, 1.54) is 0 Å². The first-order valence-corrected chi connectivity index (χ1v) is 8.76. The molecule has 2 fully saturated rings. The highest BCUT2D eigenvalue weighted by molar-refractivity contribution is 7.92. The predicted molar refractivity (Wildman–Crippen MR) is 58.7 cm³/mol. The highest BCUT2D eigenvalue weighted by atomic mass is 32.2. The second-order valence-corrected chi connectivity index (χ2v) is 8.86. The van der Waals surface area contributed by atoms with E-state index < -0.39 is 31.8 Å². The van der Waals surface area contributed by atoms with E-state index in [-0.39, 0.29) is 23.0 Å². The highest BCUT2D eigenvalue weighted by Gasteiger charge is 2.41. The Kier molecular flexibility index (Phi) is 3.02. The van der Waals surface area contributed by atoms with Crippen LogP contribution in [0.15, 0.2) is 0 Å². The molecular formula is C8H15NO5S2. The van der Waals surface area contributed by atoms with Crippen molar-refractivity contribution in [3.05, 3.63) is 0 Å². The molecule has 2 saturated heterocycles. The Balaban J connectivity index is 2.05. The minimum absolute atomic E-state index is 0.0519.